The third-order valence-electron chi connectivity index (χ3n) is 3.42. The van der Waals surface area contributed by atoms with E-state index in [4.69, 9.17) is 0 Å². The molecule has 0 aliphatic rings. The monoisotopic (exact) mass is 243 g/mol. The Hall–Kier alpha value is -0.780. The van der Waals surface area contributed by atoms with E-state index in [0.717, 1.165) is 0 Å². The zero-order chi connectivity index (χ0) is 13.6. The van der Waals surface area contributed by atoms with Crippen molar-refractivity contribution in [1.82, 2.24) is 16.0 Å². The van der Waals surface area contributed by atoms with Crippen molar-refractivity contribution in [2.24, 2.45) is 5.92 Å². The number of hydrogen-bond acceptors (Lipinski definition) is 5. The van der Waals surface area contributed by atoms with Crippen LogP contribution in [0.1, 0.15) is 27.2 Å². The molecule has 0 heterocycles. The summed E-state index contributed by atoms with van der Waals surface area (Å²) < 4.78 is 0. The normalized spacial score (nSPS) is 15.4. The maximum Gasteiger partial charge on any atom is 0.177 e. The number of carbonyl (C=O) groups excluding carboxylic acids is 2. The molecule has 0 saturated carbocycles. The molecule has 0 saturated heterocycles. The molecule has 2 atom stereocenters. The van der Waals surface area contributed by atoms with Crippen LogP contribution in [-0.2, 0) is 9.59 Å². The fraction of sp³-hybridized carbons (Fsp3) is 0.833. The molecule has 0 bridgehead atoms. The van der Waals surface area contributed by atoms with Crippen molar-refractivity contribution in [3.05, 3.63) is 0 Å². The van der Waals surface area contributed by atoms with E-state index in [0.29, 0.717) is 6.42 Å². The van der Waals surface area contributed by atoms with Gasteiger partial charge in [0.25, 0.3) is 0 Å². The van der Waals surface area contributed by atoms with E-state index in [-0.39, 0.29) is 17.6 Å². The number of likely N-dealkylation sites (N-methyl/N-ethyl adjacent to an activating group) is 3. The summed E-state index contributed by atoms with van der Waals surface area (Å²) in [5, 5.41) is 8.72. The minimum atomic E-state index is -0.857. The van der Waals surface area contributed by atoms with Gasteiger partial charge in [0.1, 0.15) is 5.66 Å². The van der Waals surface area contributed by atoms with E-state index in [1.807, 2.05) is 6.92 Å². The Balaban J connectivity index is 5.01. The number of nitrogens with one attached hydrogen (secondary N) is 3. The summed E-state index contributed by atoms with van der Waals surface area (Å²) in [7, 11) is 5.12. The molecule has 17 heavy (non-hydrogen) atoms. The lowest BCUT2D eigenvalue weighted by molar-refractivity contribution is -0.138. The van der Waals surface area contributed by atoms with Crippen molar-refractivity contribution in [1.29, 1.82) is 0 Å². The zero-order valence-electron chi connectivity index (χ0n) is 11.7. The van der Waals surface area contributed by atoms with E-state index in [2.05, 4.69) is 16.0 Å². The number of hydrogen-bond donors (Lipinski definition) is 3. The summed E-state index contributed by atoms with van der Waals surface area (Å²) >= 11 is 0. The third kappa shape index (κ3) is 3.59. The first kappa shape index (κ1) is 16.2. The molecule has 0 fully saturated rings. The summed E-state index contributed by atoms with van der Waals surface area (Å²) in [6.07, 6.45) is 0.517. The molecule has 0 aliphatic carbocycles. The topological polar surface area (TPSA) is 70.2 Å². The van der Waals surface area contributed by atoms with Crippen molar-refractivity contribution >= 4 is 11.6 Å². The van der Waals surface area contributed by atoms with Gasteiger partial charge in [0.2, 0.25) is 0 Å². The molecular weight excluding hydrogens is 218 g/mol. The van der Waals surface area contributed by atoms with Gasteiger partial charge in [0.05, 0.1) is 12.0 Å². The van der Waals surface area contributed by atoms with Crippen molar-refractivity contribution < 1.29 is 9.59 Å². The summed E-state index contributed by atoms with van der Waals surface area (Å²) in [4.78, 5) is 24.4. The van der Waals surface area contributed by atoms with Gasteiger partial charge in [-0.2, -0.15) is 0 Å². The van der Waals surface area contributed by atoms with Crippen LogP contribution in [0.15, 0.2) is 0 Å². The van der Waals surface area contributed by atoms with Crippen LogP contribution in [0.4, 0.5) is 0 Å². The number of ketones is 2. The van der Waals surface area contributed by atoms with Crippen LogP contribution >= 0.6 is 0 Å². The molecule has 3 N–H and O–H groups in total. The molecule has 0 spiro atoms. The lowest BCUT2D eigenvalue weighted by Gasteiger charge is -2.31. The van der Waals surface area contributed by atoms with E-state index < -0.39 is 11.6 Å². The highest BCUT2D eigenvalue weighted by molar-refractivity contribution is 6.07. The number of carbonyl (C=O) groups is 2. The van der Waals surface area contributed by atoms with Crippen LogP contribution in [0.25, 0.3) is 0 Å². The Morgan fingerprint density at radius 1 is 1.18 bits per heavy atom. The second-order valence-corrected chi connectivity index (χ2v) is 4.36. The molecular formula is C12H25N3O2. The smallest absolute Gasteiger partial charge is 0.177 e. The van der Waals surface area contributed by atoms with E-state index in [1.165, 1.54) is 0 Å². The van der Waals surface area contributed by atoms with Crippen molar-refractivity contribution in [2.75, 3.05) is 21.1 Å². The van der Waals surface area contributed by atoms with E-state index >= 15 is 0 Å². The van der Waals surface area contributed by atoms with Gasteiger partial charge < -0.3 is 5.32 Å². The second-order valence-electron chi connectivity index (χ2n) is 4.36. The minimum absolute atomic E-state index is 0.0586. The van der Waals surface area contributed by atoms with Gasteiger partial charge in [-0.05, 0) is 41.4 Å². The van der Waals surface area contributed by atoms with Crippen molar-refractivity contribution in [3.63, 3.8) is 0 Å². The molecule has 0 radical (unpaired) electrons. The molecule has 0 aliphatic heterocycles. The summed E-state index contributed by atoms with van der Waals surface area (Å²) in [6, 6.07) is -0.304. The van der Waals surface area contributed by atoms with Gasteiger partial charge in [0, 0.05) is 0 Å². The molecule has 0 aromatic heterocycles. The molecule has 5 heteroatoms. The first-order chi connectivity index (χ1) is 7.87. The molecule has 0 rings (SSSR count). The highest BCUT2D eigenvalue weighted by Gasteiger charge is 2.38. The van der Waals surface area contributed by atoms with Gasteiger partial charge in [-0.1, -0.05) is 6.92 Å². The highest BCUT2D eigenvalue weighted by Crippen LogP contribution is 2.15. The SMILES string of the molecule is CCC(C(=O)C(C)NC)C(=O)C(C)(NC)NC. The van der Waals surface area contributed by atoms with Crippen molar-refractivity contribution in [2.45, 2.75) is 38.9 Å². The molecule has 5 nitrogen and oxygen atoms in total. The number of Topliss-reactive ketones (excluding diaryl/α,β-unsaturated/α-hetero) is 2. The van der Waals surface area contributed by atoms with E-state index in [9.17, 15) is 9.59 Å². The van der Waals surface area contributed by atoms with Crippen molar-refractivity contribution in [3.8, 4) is 0 Å². The Morgan fingerprint density at radius 2 is 1.65 bits per heavy atom. The molecule has 100 valence electrons. The Morgan fingerprint density at radius 3 is 1.94 bits per heavy atom. The largest absolute Gasteiger partial charge is 0.311 e. The van der Waals surface area contributed by atoms with Crippen LogP contribution < -0.4 is 16.0 Å². The maximum atomic E-state index is 12.3. The van der Waals surface area contributed by atoms with Crippen LogP contribution in [0.3, 0.4) is 0 Å². The molecule has 0 amide bonds. The lowest BCUT2D eigenvalue weighted by Crippen LogP contribution is -2.61. The molecule has 0 aromatic carbocycles. The van der Waals surface area contributed by atoms with Gasteiger partial charge in [0.15, 0.2) is 11.6 Å². The predicted molar refractivity (Wildman–Crippen MR) is 68.8 cm³/mol. The summed E-state index contributed by atoms with van der Waals surface area (Å²) in [5.41, 5.74) is -0.857. The third-order valence-corrected chi connectivity index (χ3v) is 3.42. The second kappa shape index (κ2) is 6.83. The Kier molecular flexibility index (Phi) is 6.52. The fourth-order valence-corrected chi connectivity index (χ4v) is 1.68. The van der Waals surface area contributed by atoms with Crippen LogP contribution in [-0.4, -0.2) is 44.4 Å². The van der Waals surface area contributed by atoms with Crippen LogP contribution in [0.5, 0.6) is 0 Å². The van der Waals surface area contributed by atoms with Gasteiger partial charge >= 0.3 is 0 Å². The minimum Gasteiger partial charge on any atom is -0.311 e. The zero-order valence-corrected chi connectivity index (χ0v) is 11.7. The van der Waals surface area contributed by atoms with Gasteiger partial charge in [-0.15, -0.1) is 0 Å². The fourth-order valence-electron chi connectivity index (χ4n) is 1.68. The average Bonchev–Trinajstić information content (AvgIpc) is 2.37. The first-order valence-corrected chi connectivity index (χ1v) is 6.01. The predicted octanol–water partition coefficient (Wildman–Crippen LogP) is -0.0863. The first-order valence-electron chi connectivity index (χ1n) is 6.01. The quantitative estimate of drug-likeness (QED) is 0.411. The lowest BCUT2D eigenvalue weighted by atomic mass is 9.86. The van der Waals surface area contributed by atoms with Gasteiger partial charge in [-0.3, -0.25) is 20.2 Å². The van der Waals surface area contributed by atoms with Crippen LogP contribution in [0, 0.1) is 5.92 Å². The average molecular weight is 243 g/mol. The summed E-state index contributed by atoms with van der Waals surface area (Å²) in [5.74, 6) is -0.754. The number of rotatable bonds is 8. The standard InChI is InChI=1S/C12H25N3O2/c1-7-9(10(16)8(2)13-4)11(17)12(3,14-5)15-6/h8-9,13-15H,7H2,1-6H3. The highest BCUT2D eigenvalue weighted by atomic mass is 16.2. The Labute approximate surface area is 104 Å². The summed E-state index contributed by atoms with van der Waals surface area (Å²) in [6.45, 7) is 5.37. The Bertz CT molecular complexity index is 275. The molecule has 0 aromatic rings. The van der Waals surface area contributed by atoms with E-state index in [1.54, 1.807) is 35.0 Å². The molecule has 2 unspecified atom stereocenters. The maximum absolute atomic E-state index is 12.3. The van der Waals surface area contributed by atoms with Gasteiger partial charge in [-0.25, -0.2) is 0 Å². The van der Waals surface area contributed by atoms with Crippen LogP contribution in [0.2, 0.25) is 0 Å².